The van der Waals surface area contributed by atoms with Crippen molar-refractivity contribution < 1.29 is 19.8 Å². The lowest BCUT2D eigenvalue weighted by molar-refractivity contribution is -0.143. The summed E-state index contributed by atoms with van der Waals surface area (Å²) in [6, 6.07) is 38.1. The van der Waals surface area contributed by atoms with Gasteiger partial charge in [0.05, 0.1) is 12.8 Å². The quantitative estimate of drug-likeness (QED) is 0.333. The summed E-state index contributed by atoms with van der Waals surface area (Å²) in [5, 5.41) is 15.8. The van der Waals surface area contributed by atoms with Gasteiger partial charge >= 0.3 is 11.9 Å². The summed E-state index contributed by atoms with van der Waals surface area (Å²) in [6.07, 6.45) is -0.593. The first-order chi connectivity index (χ1) is 16.3. The molecule has 0 unspecified atom stereocenters. The maximum absolute atomic E-state index is 9.64. The molecule has 0 atom stereocenters. The van der Waals surface area contributed by atoms with Crippen molar-refractivity contribution in [3.8, 4) is 22.3 Å². The first-order valence-electron chi connectivity index (χ1n) is 11.0. The standard InChI is InChI=1S/2C13H12.C4H6O4/c2*1-11-7-9-13(10-8-11)12-5-3-2-4-6-12;5-3(6)1-2-4(7)8/h2*2-10H,1H3;1-2H2,(H,5,6)(H,7,8). The van der Waals surface area contributed by atoms with E-state index in [1.165, 1.54) is 33.4 Å². The van der Waals surface area contributed by atoms with E-state index in [0.29, 0.717) is 0 Å². The van der Waals surface area contributed by atoms with Crippen molar-refractivity contribution in [1.29, 1.82) is 0 Å². The number of carboxylic acids is 2. The SMILES string of the molecule is Cc1ccc(-c2ccccc2)cc1.Cc1ccc(-c2ccccc2)cc1.O=C(O)CCC(=O)O. The fraction of sp³-hybridized carbons (Fsp3) is 0.133. The minimum absolute atomic E-state index is 0.296. The molecule has 174 valence electrons. The molecule has 34 heavy (non-hydrogen) atoms. The van der Waals surface area contributed by atoms with Crippen LogP contribution in [0.15, 0.2) is 109 Å². The van der Waals surface area contributed by atoms with Gasteiger partial charge in [0.2, 0.25) is 0 Å². The molecule has 4 heteroatoms. The Morgan fingerprint density at radius 2 is 0.735 bits per heavy atom. The van der Waals surface area contributed by atoms with Gasteiger partial charge in [0.1, 0.15) is 0 Å². The van der Waals surface area contributed by atoms with E-state index in [2.05, 4.69) is 111 Å². The summed E-state index contributed by atoms with van der Waals surface area (Å²) in [6.45, 7) is 4.21. The van der Waals surface area contributed by atoms with Gasteiger partial charge in [-0.2, -0.15) is 0 Å². The van der Waals surface area contributed by atoms with Crippen LogP contribution in [-0.4, -0.2) is 22.2 Å². The molecular weight excluding hydrogens is 424 g/mol. The summed E-state index contributed by atoms with van der Waals surface area (Å²) in [5.74, 6) is -2.15. The average molecular weight is 455 g/mol. The minimum Gasteiger partial charge on any atom is -0.481 e. The van der Waals surface area contributed by atoms with Gasteiger partial charge in [-0.05, 0) is 36.1 Å². The zero-order valence-corrected chi connectivity index (χ0v) is 19.5. The predicted molar refractivity (Wildman–Crippen MR) is 138 cm³/mol. The minimum atomic E-state index is -1.08. The van der Waals surface area contributed by atoms with Crippen molar-refractivity contribution in [2.45, 2.75) is 26.7 Å². The van der Waals surface area contributed by atoms with E-state index in [9.17, 15) is 9.59 Å². The second kappa shape index (κ2) is 14.1. The summed E-state index contributed by atoms with van der Waals surface area (Å²) >= 11 is 0. The maximum Gasteiger partial charge on any atom is 0.303 e. The topological polar surface area (TPSA) is 74.6 Å². The molecule has 0 radical (unpaired) electrons. The van der Waals surface area contributed by atoms with Gasteiger partial charge in [0, 0.05) is 0 Å². The van der Waals surface area contributed by atoms with Gasteiger partial charge in [0.25, 0.3) is 0 Å². The first-order valence-corrected chi connectivity index (χ1v) is 11.0. The lowest BCUT2D eigenvalue weighted by atomic mass is 10.0. The number of rotatable bonds is 5. The molecule has 0 fully saturated rings. The molecule has 0 amide bonds. The molecule has 0 aliphatic rings. The molecule has 0 saturated heterocycles. The Morgan fingerprint density at radius 3 is 1.00 bits per heavy atom. The fourth-order valence-corrected chi connectivity index (χ4v) is 2.97. The van der Waals surface area contributed by atoms with Crippen LogP contribution in [0.4, 0.5) is 0 Å². The van der Waals surface area contributed by atoms with Crippen LogP contribution in [0.25, 0.3) is 22.3 Å². The summed E-state index contributed by atoms with van der Waals surface area (Å²) in [7, 11) is 0. The molecule has 0 spiro atoms. The Morgan fingerprint density at radius 1 is 0.471 bits per heavy atom. The van der Waals surface area contributed by atoms with Crippen molar-refractivity contribution >= 4 is 11.9 Å². The Kier molecular flexibility index (Phi) is 10.8. The number of aryl methyl sites for hydroxylation is 2. The van der Waals surface area contributed by atoms with Crippen LogP contribution in [0.5, 0.6) is 0 Å². The van der Waals surface area contributed by atoms with Gasteiger partial charge in [-0.25, -0.2) is 0 Å². The summed E-state index contributed by atoms with van der Waals surface area (Å²) in [5.41, 5.74) is 7.74. The number of hydrogen-bond acceptors (Lipinski definition) is 2. The molecule has 0 heterocycles. The molecule has 4 aromatic carbocycles. The lowest BCUT2D eigenvalue weighted by Crippen LogP contribution is -2.00. The average Bonchev–Trinajstić information content (AvgIpc) is 2.86. The molecule has 0 aliphatic heterocycles. The summed E-state index contributed by atoms with van der Waals surface area (Å²) in [4.78, 5) is 19.3. The molecule has 4 rings (SSSR count). The Labute approximate surface area is 201 Å². The second-order valence-electron chi connectivity index (χ2n) is 7.75. The van der Waals surface area contributed by atoms with Crippen LogP contribution in [0, 0.1) is 13.8 Å². The van der Waals surface area contributed by atoms with Crippen molar-refractivity contribution in [3.05, 3.63) is 120 Å². The number of carboxylic acid groups (broad SMARTS) is 2. The molecule has 0 aliphatic carbocycles. The van der Waals surface area contributed by atoms with Crippen LogP contribution in [0.2, 0.25) is 0 Å². The van der Waals surface area contributed by atoms with Gasteiger partial charge in [-0.15, -0.1) is 0 Å². The zero-order chi connectivity index (χ0) is 24.8. The van der Waals surface area contributed by atoms with Crippen LogP contribution < -0.4 is 0 Å². The van der Waals surface area contributed by atoms with E-state index in [4.69, 9.17) is 10.2 Å². The van der Waals surface area contributed by atoms with Crippen LogP contribution in [0.3, 0.4) is 0 Å². The predicted octanol–water partition coefficient (Wildman–Crippen LogP) is 7.26. The molecule has 2 N–H and O–H groups in total. The molecule has 0 aromatic heterocycles. The van der Waals surface area contributed by atoms with E-state index >= 15 is 0 Å². The number of carbonyl (C=O) groups is 2. The zero-order valence-electron chi connectivity index (χ0n) is 19.5. The molecule has 0 saturated carbocycles. The third-order valence-electron chi connectivity index (χ3n) is 4.87. The monoisotopic (exact) mass is 454 g/mol. The molecular formula is C30H30O4. The van der Waals surface area contributed by atoms with Crippen LogP contribution >= 0.6 is 0 Å². The number of hydrogen-bond donors (Lipinski definition) is 2. The second-order valence-corrected chi connectivity index (χ2v) is 7.75. The van der Waals surface area contributed by atoms with Crippen LogP contribution in [0.1, 0.15) is 24.0 Å². The van der Waals surface area contributed by atoms with Gasteiger partial charge < -0.3 is 10.2 Å². The Bertz CT molecular complexity index is 1040. The third kappa shape index (κ3) is 9.96. The third-order valence-corrected chi connectivity index (χ3v) is 4.87. The maximum atomic E-state index is 9.64. The van der Waals surface area contributed by atoms with E-state index in [-0.39, 0.29) is 12.8 Å². The molecule has 0 bridgehead atoms. The molecule has 4 nitrogen and oxygen atoms in total. The number of aliphatic carboxylic acids is 2. The smallest absolute Gasteiger partial charge is 0.303 e. The van der Waals surface area contributed by atoms with Crippen molar-refractivity contribution in [1.82, 2.24) is 0 Å². The highest BCUT2D eigenvalue weighted by molar-refractivity contribution is 5.75. The Balaban J connectivity index is 0.000000187. The highest BCUT2D eigenvalue weighted by Gasteiger charge is 2.00. The number of benzene rings is 4. The first kappa shape index (κ1) is 26.1. The molecule has 4 aromatic rings. The lowest BCUT2D eigenvalue weighted by Gasteiger charge is -2.00. The van der Waals surface area contributed by atoms with E-state index in [0.717, 1.165) is 0 Å². The van der Waals surface area contributed by atoms with E-state index < -0.39 is 11.9 Å². The normalized spacial score (nSPS) is 9.59. The van der Waals surface area contributed by atoms with Gasteiger partial charge in [-0.1, -0.05) is 120 Å². The largest absolute Gasteiger partial charge is 0.481 e. The van der Waals surface area contributed by atoms with E-state index in [1.54, 1.807) is 0 Å². The highest BCUT2D eigenvalue weighted by atomic mass is 16.4. The van der Waals surface area contributed by atoms with Gasteiger partial charge in [0.15, 0.2) is 0 Å². The van der Waals surface area contributed by atoms with Crippen molar-refractivity contribution in [2.75, 3.05) is 0 Å². The van der Waals surface area contributed by atoms with Crippen LogP contribution in [-0.2, 0) is 9.59 Å². The van der Waals surface area contributed by atoms with E-state index in [1.807, 2.05) is 12.1 Å². The highest BCUT2D eigenvalue weighted by Crippen LogP contribution is 2.19. The Hall–Kier alpha value is -4.18. The van der Waals surface area contributed by atoms with Gasteiger partial charge in [-0.3, -0.25) is 9.59 Å². The van der Waals surface area contributed by atoms with Crippen molar-refractivity contribution in [2.24, 2.45) is 0 Å². The fourth-order valence-electron chi connectivity index (χ4n) is 2.97. The van der Waals surface area contributed by atoms with Crippen molar-refractivity contribution in [3.63, 3.8) is 0 Å². The summed E-state index contributed by atoms with van der Waals surface area (Å²) < 4.78 is 0.